The van der Waals surface area contributed by atoms with Crippen molar-refractivity contribution < 1.29 is 28.6 Å². The molecule has 1 fully saturated rings. The first-order valence-corrected chi connectivity index (χ1v) is 13.1. The Labute approximate surface area is 219 Å². The summed E-state index contributed by atoms with van der Waals surface area (Å²) in [4.78, 5) is 39.3. The van der Waals surface area contributed by atoms with Crippen LogP contribution in [0.5, 0.6) is 17.2 Å². The Morgan fingerprint density at radius 2 is 1.70 bits per heavy atom. The van der Waals surface area contributed by atoms with Crippen molar-refractivity contribution in [2.75, 3.05) is 34.4 Å². The molecule has 2 aromatic rings. The van der Waals surface area contributed by atoms with E-state index in [4.69, 9.17) is 14.2 Å². The van der Waals surface area contributed by atoms with Crippen LogP contribution in [0.2, 0.25) is 0 Å². The number of nitrogens with zero attached hydrogens (tertiary/aromatic N) is 1. The Bertz CT molecular complexity index is 1140. The first-order valence-electron chi connectivity index (χ1n) is 13.1. The molecule has 0 aliphatic heterocycles. The number of carbonyl (C=O) groups excluding carboxylic acids is 3. The average molecular weight is 508 g/mol. The number of hydrogen-bond acceptors (Lipinski definition) is 7. The number of likely N-dealkylation sites (N-methyl/N-ethyl adjacent to an activating group) is 1. The molecule has 198 valence electrons. The van der Waals surface area contributed by atoms with Crippen molar-refractivity contribution in [1.82, 2.24) is 4.90 Å². The maximum Gasteiger partial charge on any atom is 0.166 e. The minimum absolute atomic E-state index is 0.108. The van der Waals surface area contributed by atoms with Crippen molar-refractivity contribution in [3.63, 3.8) is 0 Å². The standard InChI is InChI=1S/C30H37NO6/c1-31(2)15-16-36-28-14-7-20(17-29(28)35-3)19-37-27-6-4-5-24-25(27)18-22(30(24)34)9-8-21-10-11-23(32)12-13-26(21)33/h4-7,14,17,21-22H,8-13,15-16,18-19H2,1-3H3. The minimum atomic E-state index is -0.148. The Hall–Kier alpha value is -3.19. The van der Waals surface area contributed by atoms with Crippen molar-refractivity contribution in [3.8, 4) is 17.2 Å². The van der Waals surface area contributed by atoms with Crippen LogP contribution in [0.15, 0.2) is 36.4 Å². The Kier molecular flexibility index (Phi) is 8.98. The molecule has 7 heteroatoms. The van der Waals surface area contributed by atoms with Crippen molar-refractivity contribution in [3.05, 3.63) is 53.1 Å². The number of carbonyl (C=O) groups is 3. The van der Waals surface area contributed by atoms with E-state index in [1.54, 1.807) is 7.11 Å². The number of fused-ring (bicyclic) bond motifs is 1. The molecule has 0 spiro atoms. The molecule has 0 N–H and O–H groups in total. The van der Waals surface area contributed by atoms with Gasteiger partial charge in [0.1, 0.15) is 30.5 Å². The fourth-order valence-corrected chi connectivity index (χ4v) is 5.15. The minimum Gasteiger partial charge on any atom is -0.493 e. The fourth-order valence-electron chi connectivity index (χ4n) is 5.15. The molecule has 2 aliphatic rings. The van der Waals surface area contributed by atoms with Crippen LogP contribution in [0, 0.1) is 11.8 Å². The quantitative estimate of drug-likeness (QED) is 0.409. The van der Waals surface area contributed by atoms with Gasteiger partial charge in [0.05, 0.1) is 7.11 Å². The summed E-state index contributed by atoms with van der Waals surface area (Å²) in [6, 6.07) is 11.4. The van der Waals surface area contributed by atoms with E-state index >= 15 is 0 Å². The van der Waals surface area contributed by atoms with Gasteiger partial charge in [-0.25, -0.2) is 0 Å². The highest BCUT2D eigenvalue weighted by atomic mass is 16.5. The fraction of sp³-hybridized carbons (Fsp3) is 0.500. The molecule has 0 bridgehead atoms. The van der Waals surface area contributed by atoms with E-state index in [1.807, 2.05) is 50.5 Å². The zero-order chi connectivity index (χ0) is 26.4. The van der Waals surface area contributed by atoms with Crippen LogP contribution in [-0.4, -0.2) is 56.6 Å². The molecule has 2 atom stereocenters. The summed E-state index contributed by atoms with van der Waals surface area (Å²) in [5.41, 5.74) is 2.60. The molecule has 37 heavy (non-hydrogen) atoms. The molecule has 0 saturated heterocycles. The van der Waals surface area contributed by atoms with Crippen molar-refractivity contribution in [2.24, 2.45) is 11.8 Å². The molecule has 4 rings (SSSR count). The van der Waals surface area contributed by atoms with Crippen LogP contribution < -0.4 is 14.2 Å². The molecule has 0 amide bonds. The lowest BCUT2D eigenvalue weighted by Gasteiger charge is -2.15. The predicted octanol–water partition coefficient (Wildman–Crippen LogP) is 4.68. The van der Waals surface area contributed by atoms with E-state index in [2.05, 4.69) is 4.90 Å². The van der Waals surface area contributed by atoms with Gasteiger partial charge in [-0.2, -0.15) is 0 Å². The monoisotopic (exact) mass is 507 g/mol. The Balaban J connectivity index is 1.37. The Morgan fingerprint density at radius 1 is 0.892 bits per heavy atom. The van der Waals surface area contributed by atoms with Gasteiger partial charge in [-0.1, -0.05) is 18.2 Å². The van der Waals surface area contributed by atoms with Crippen LogP contribution in [0.1, 0.15) is 60.0 Å². The summed E-state index contributed by atoms with van der Waals surface area (Å²) in [7, 11) is 5.62. The van der Waals surface area contributed by atoms with E-state index in [-0.39, 0.29) is 29.2 Å². The highest BCUT2D eigenvalue weighted by Gasteiger charge is 2.34. The van der Waals surface area contributed by atoms with Crippen LogP contribution in [0.3, 0.4) is 0 Å². The van der Waals surface area contributed by atoms with Gasteiger partial charge in [-0.15, -0.1) is 0 Å². The van der Waals surface area contributed by atoms with Crippen LogP contribution in [0.25, 0.3) is 0 Å². The largest absolute Gasteiger partial charge is 0.493 e. The third-order valence-corrected chi connectivity index (χ3v) is 7.38. The number of methoxy groups -OCH3 is 1. The van der Waals surface area contributed by atoms with E-state index in [0.29, 0.717) is 75.2 Å². The van der Waals surface area contributed by atoms with Crippen LogP contribution >= 0.6 is 0 Å². The van der Waals surface area contributed by atoms with Gasteiger partial charge in [0.15, 0.2) is 17.3 Å². The number of ether oxygens (including phenoxy) is 3. The molecule has 1 saturated carbocycles. The second kappa shape index (κ2) is 12.4. The number of hydrogen-bond donors (Lipinski definition) is 0. The number of benzene rings is 2. The smallest absolute Gasteiger partial charge is 0.166 e. The van der Waals surface area contributed by atoms with Crippen LogP contribution in [0.4, 0.5) is 0 Å². The SMILES string of the molecule is COc1cc(COc2cccc3c2CC(CCC2CCC(=O)CCC2=O)C3=O)ccc1OCCN(C)C. The molecule has 0 radical (unpaired) electrons. The molecule has 2 aromatic carbocycles. The molecular formula is C30H37NO6. The highest BCUT2D eigenvalue weighted by molar-refractivity contribution is 6.03. The highest BCUT2D eigenvalue weighted by Crippen LogP contribution is 2.37. The molecule has 2 unspecified atom stereocenters. The topological polar surface area (TPSA) is 82.1 Å². The zero-order valence-corrected chi connectivity index (χ0v) is 22.1. The van der Waals surface area contributed by atoms with Crippen molar-refractivity contribution >= 4 is 17.3 Å². The van der Waals surface area contributed by atoms with Crippen molar-refractivity contribution in [1.29, 1.82) is 0 Å². The average Bonchev–Trinajstić information content (AvgIpc) is 3.12. The maximum atomic E-state index is 13.1. The van der Waals surface area contributed by atoms with Crippen molar-refractivity contribution in [2.45, 2.75) is 51.6 Å². The molecule has 2 aliphatic carbocycles. The first-order chi connectivity index (χ1) is 17.9. The lowest BCUT2D eigenvalue weighted by molar-refractivity contribution is -0.124. The molecular weight excluding hydrogens is 470 g/mol. The van der Waals surface area contributed by atoms with Gasteiger partial charge < -0.3 is 19.1 Å². The number of Topliss-reactive ketones (excluding diaryl/α,β-unsaturated/α-hetero) is 3. The second-order valence-electron chi connectivity index (χ2n) is 10.3. The summed E-state index contributed by atoms with van der Waals surface area (Å²) in [5, 5.41) is 0. The lowest BCUT2D eigenvalue weighted by atomic mass is 9.88. The van der Waals surface area contributed by atoms with Crippen LogP contribution in [-0.2, 0) is 22.6 Å². The maximum absolute atomic E-state index is 13.1. The molecule has 7 nitrogen and oxygen atoms in total. The third-order valence-electron chi connectivity index (χ3n) is 7.38. The third kappa shape index (κ3) is 6.77. The zero-order valence-electron chi connectivity index (χ0n) is 22.1. The Morgan fingerprint density at radius 3 is 2.49 bits per heavy atom. The van der Waals surface area contributed by atoms with E-state index in [1.165, 1.54) is 0 Å². The number of rotatable bonds is 11. The summed E-state index contributed by atoms with van der Waals surface area (Å²) in [6.45, 7) is 1.72. The molecule has 0 aromatic heterocycles. The lowest BCUT2D eigenvalue weighted by Crippen LogP contribution is -2.19. The van der Waals surface area contributed by atoms with Gasteiger partial charge in [-0.05, 0) is 63.5 Å². The number of ketones is 3. The van der Waals surface area contributed by atoms with E-state index in [0.717, 1.165) is 23.4 Å². The van der Waals surface area contributed by atoms with Gasteiger partial charge in [0, 0.05) is 48.8 Å². The molecule has 0 heterocycles. The van der Waals surface area contributed by atoms with Gasteiger partial charge in [-0.3, -0.25) is 14.4 Å². The summed E-state index contributed by atoms with van der Waals surface area (Å²) >= 11 is 0. The predicted molar refractivity (Wildman–Crippen MR) is 141 cm³/mol. The first kappa shape index (κ1) is 26.9. The van der Waals surface area contributed by atoms with E-state index in [9.17, 15) is 14.4 Å². The summed E-state index contributed by atoms with van der Waals surface area (Å²) in [5.74, 6) is 2.28. The normalized spacial score (nSPS) is 19.6. The van der Waals surface area contributed by atoms with Gasteiger partial charge >= 0.3 is 0 Å². The van der Waals surface area contributed by atoms with Gasteiger partial charge in [0.25, 0.3) is 0 Å². The second-order valence-corrected chi connectivity index (χ2v) is 10.3. The van der Waals surface area contributed by atoms with E-state index < -0.39 is 0 Å². The summed E-state index contributed by atoms with van der Waals surface area (Å²) < 4.78 is 17.5. The van der Waals surface area contributed by atoms with Gasteiger partial charge in [0.2, 0.25) is 0 Å². The summed E-state index contributed by atoms with van der Waals surface area (Å²) in [6.07, 6.45) is 3.73.